The first-order chi connectivity index (χ1) is 7.74. The van der Waals surface area contributed by atoms with Crippen molar-refractivity contribution in [3.8, 4) is 0 Å². The van der Waals surface area contributed by atoms with Crippen molar-refractivity contribution in [1.82, 2.24) is 15.3 Å². The van der Waals surface area contributed by atoms with E-state index in [1.165, 1.54) is 6.33 Å². The van der Waals surface area contributed by atoms with E-state index in [2.05, 4.69) is 49.7 Å². The van der Waals surface area contributed by atoms with E-state index in [9.17, 15) is 4.79 Å². The van der Waals surface area contributed by atoms with E-state index in [0.29, 0.717) is 9.61 Å². The summed E-state index contributed by atoms with van der Waals surface area (Å²) in [7, 11) is 0. The molecule has 2 N–H and O–H groups in total. The zero-order chi connectivity index (χ0) is 11.5. The van der Waals surface area contributed by atoms with Crippen LogP contribution >= 0.6 is 22.6 Å². The van der Waals surface area contributed by atoms with Gasteiger partial charge < -0.3 is 15.2 Å². The van der Waals surface area contributed by atoms with Gasteiger partial charge in [0.1, 0.15) is 9.39 Å². The van der Waals surface area contributed by atoms with Crippen LogP contribution in [0.1, 0.15) is 13.3 Å². The largest absolute Gasteiger partial charge is 0.350 e. The Morgan fingerprint density at radius 1 is 1.69 bits per heavy atom. The summed E-state index contributed by atoms with van der Waals surface area (Å²) in [5.74, 6) is 0.817. The fourth-order valence-corrected chi connectivity index (χ4v) is 2.58. The molecule has 1 fully saturated rings. The van der Waals surface area contributed by atoms with Gasteiger partial charge in [-0.25, -0.2) is 4.98 Å². The third-order valence-corrected chi connectivity index (χ3v) is 3.84. The maximum absolute atomic E-state index is 11.5. The van der Waals surface area contributed by atoms with Gasteiger partial charge in [0.25, 0.3) is 5.56 Å². The van der Waals surface area contributed by atoms with E-state index in [-0.39, 0.29) is 5.56 Å². The van der Waals surface area contributed by atoms with Crippen LogP contribution in [0.15, 0.2) is 11.1 Å². The van der Waals surface area contributed by atoms with Crippen LogP contribution in [-0.2, 0) is 0 Å². The van der Waals surface area contributed by atoms with Crippen molar-refractivity contribution < 1.29 is 0 Å². The van der Waals surface area contributed by atoms with E-state index in [1.807, 2.05) is 0 Å². The Kier molecular flexibility index (Phi) is 3.80. The second-order valence-corrected chi connectivity index (χ2v) is 4.91. The molecule has 0 radical (unpaired) electrons. The van der Waals surface area contributed by atoms with Crippen LogP contribution in [-0.4, -0.2) is 35.6 Å². The average molecular weight is 334 g/mol. The van der Waals surface area contributed by atoms with Gasteiger partial charge in [0.05, 0.1) is 6.33 Å². The lowest BCUT2D eigenvalue weighted by Gasteiger charge is -2.36. The molecule has 1 aromatic heterocycles. The van der Waals surface area contributed by atoms with Gasteiger partial charge in [-0.1, -0.05) is 6.92 Å². The summed E-state index contributed by atoms with van der Waals surface area (Å²) >= 11 is 2.07. The van der Waals surface area contributed by atoms with Crippen molar-refractivity contribution in [3.63, 3.8) is 0 Å². The number of H-pyrrole nitrogens is 1. The summed E-state index contributed by atoms with van der Waals surface area (Å²) in [6.45, 7) is 4.97. The van der Waals surface area contributed by atoms with Crippen LogP contribution in [0.2, 0.25) is 0 Å². The van der Waals surface area contributed by atoms with Crippen LogP contribution in [0, 0.1) is 3.57 Å². The molecule has 2 heterocycles. The zero-order valence-electron chi connectivity index (χ0n) is 9.16. The van der Waals surface area contributed by atoms with Crippen molar-refractivity contribution in [2.24, 2.45) is 0 Å². The van der Waals surface area contributed by atoms with Gasteiger partial charge in [-0.3, -0.25) is 4.79 Å². The predicted molar refractivity (Wildman–Crippen MR) is 71.9 cm³/mol. The second kappa shape index (κ2) is 5.13. The van der Waals surface area contributed by atoms with Crippen molar-refractivity contribution in [2.45, 2.75) is 19.4 Å². The molecule has 0 saturated carbocycles. The first kappa shape index (κ1) is 11.8. The minimum atomic E-state index is -0.0565. The fraction of sp³-hybridized carbons (Fsp3) is 0.600. The highest BCUT2D eigenvalue weighted by Crippen LogP contribution is 2.20. The summed E-state index contributed by atoms with van der Waals surface area (Å²) in [6, 6.07) is 0.427. The molecule has 1 aliphatic rings. The Bertz CT molecular complexity index is 420. The highest BCUT2D eigenvalue weighted by Gasteiger charge is 2.24. The molecule has 2 rings (SSSR count). The number of aromatic nitrogens is 2. The molecule has 0 aromatic carbocycles. The summed E-state index contributed by atoms with van der Waals surface area (Å²) in [6.07, 6.45) is 2.53. The van der Waals surface area contributed by atoms with Crippen LogP contribution < -0.4 is 15.8 Å². The molecule has 5 nitrogen and oxygen atoms in total. The number of aromatic amines is 1. The lowest BCUT2D eigenvalue weighted by atomic mass is 10.1. The van der Waals surface area contributed by atoms with Crippen molar-refractivity contribution in [2.75, 3.05) is 24.5 Å². The molecule has 16 heavy (non-hydrogen) atoms. The Labute approximate surface area is 108 Å². The van der Waals surface area contributed by atoms with Gasteiger partial charge in [0.2, 0.25) is 0 Å². The smallest absolute Gasteiger partial charge is 0.266 e. The molecule has 6 heteroatoms. The monoisotopic (exact) mass is 334 g/mol. The van der Waals surface area contributed by atoms with Crippen LogP contribution in [0.4, 0.5) is 5.82 Å². The van der Waals surface area contributed by atoms with E-state index < -0.39 is 0 Å². The Morgan fingerprint density at radius 2 is 2.50 bits per heavy atom. The Morgan fingerprint density at radius 3 is 3.25 bits per heavy atom. The highest BCUT2D eigenvalue weighted by atomic mass is 127. The van der Waals surface area contributed by atoms with E-state index in [4.69, 9.17) is 0 Å². The number of rotatable bonds is 2. The van der Waals surface area contributed by atoms with Crippen molar-refractivity contribution >= 4 is 28.4 Å². The first-order valence-electron chi connectivity index (χ1n) is 5.44. The molecular weight excluding hydrogens is 319 g/mol. The fourth-order valence-electron chi connectivity index (χ4n) is 1.98. The van der Waals surface area contributed by atoms with E-state index in [0.717, 1.165) is 31.9 Å². The van der Waals surface area contributed by atoms with Crippen LogP contribution in [0.5, 0.6) is 0 Å². The lowest BCUT2D eigenvalue weighted by Crippen LogP contribution is -2.52. The second-order valence-electron chi connectivity index (χ2n) is 3.83. The maximum atomic E-state index is 11.5. The van der Waals surface area contributed by atoms with E-state index >= 15 is 0 Å². The molecule has 1 aromatic rings. The normalized spacial score (nSPS) is 21.1. The molecule has 0 aliphatic carbocycles. The van der Waals surface area contributed by atoms with Gasteiger partial charge in [-0.2, -0.15) is 0 Å². The third kappa shape index (κ3) is 2.22. The first-order valence-corrected chi connectivity index (χ1v) is 6.52. The van der Waals surface area contributed by atoms with Gasteiger partial charge in [-0.05, 0) is 29.0 Å². The Balaban J connectivity index is 2.34. The average Bonchev–Trinajstić information content (AvgIpc) is 2.33. The molecule has 1 saturated heterocycles. The van der Waals surface area contributed by atoms with Gasteiger partial charge >= 0.3 is 0 Å². The Hall–Kier alpha value is -0.630. The summed E-state index contributed by atoms with van der Waals surface area (Å²) in [4.78, 5) is 20.7. The maximum Gasteiger partial charge on any atom is 0.266 e. The SMILES string of the molecule is CCC1CNCCN1c1nc[nH]c(=O)c1I. The van der Waals surface area contributed by atoms with Crippen molar-refractivity contribution in [3.05, 3.63) is 20.3 Å². The topological polar surface area (TPSA) is 61.0 Å². The molecule has 0 spiro atoms. The molecule has 88 valence electrons. The number of hydrogen-bond acceptors (Lipinski definition) is 4. The molecule has 0 amide bonds. The lowest BCUT2D eigenvalue weighted by molar-refractivity contribution is 0.462. The number of piperazine rings is 1. The van der Waals surface area contributed by atoms with Crippen LogP contribution in [0.25, 0.3) is 0 Å². The molecule has 1 aliphatic heterocycles. The molecule has 0 bridgehead atoms. The summed E-state index contributed by atoms with van der Waals surface area (Å²) in [5, 5.41) is 3.36. The number of anilines is 1. The summed E-state index contributed by atoms with van der Waals surface area (Å²) in [5.41, 5.74) is -0.0565. The van der Waals surface area contributed by atoms with Gasteiger partial charge in [0.15, 0.2) is 0 Å². The van der Waals surface area contributed by atoms with Crippen molar-refractivity contribution in [1.29, 1.82) is 0 Å². The molecule has 1 unspecified atom stereocenters. The third-order valence-electron chi connectivity index (χ3n) is 2.87. The van der Waals surface area contributed by atoms with Gasteiger partial charge in [0, 0.05) is 25.7 Å². The minimum absolute atomic E-state index is 0.0565. The van der Waals surface area contributed by atoms with Gasteiger partial charge in [-0.15, -0.1) is 0 Å². The summed E-state index contributed by atoms with van der Waals surface area (Å²) < 4.78 is 0.681. The van der Waals surface area contributed by atoms with Crippen LogP contribution in [0.3, 0.4) is 0 Å². The predicted octanol–water partition coefficient (Wildman–Crippen LogP) is 0.563. The number of nitrogens with one attached hydrogen (secondary N) is 2. The number of halogens is 1. The highest BCUT2D eigenvalue weighted by molar-refractivity contribution is 14.1. The van der Waals surface area contributed by atoms with E-state index in [1.54, 1.807) is 0 Å². The molecular formula is C10H15IN4O. The number of nitrogens with zero attached hydrogens (tertiary/aromatic N) is 2. The standard InChI is InChI=1S/C10H15IN4O/c1-2-7-5-12-3-4-15(7)9-8(11)10(16)14-6-13-9/h6-7,12H,2-5H2,1H3,(H,13,14,16). The number of hydrogen-bond donors (Lipinski definition) is 2. The zero-order valence-corrected chi connectivity index (χ0v) is 11.3. The minimum Gasteiger partial charge on any atom is -0.350 e. The molecule has 1 atom stereocenters. The quantitative estimate of drug-likeness (QED) is 0.776.